The van der Waals surface area contributed by atoms with Crippen molar-refractivity contribution in [3.63, 3.8) is 0 Å². The zero-order chi connectivity index (χ0) is 12.8. The Hall–Kier alpha value is -1.15. The van der Waals surface area contributed by atoms with Crippen LogP contribution in [0, 0.1) is 0 Å². The maximum absolute atomic E-state index is 10.3. The quantitative estimate of drug-likeness (QED) is 0.697. The van der Waals surface area contributed by atoms with Gasteiger partial charge in [0.2, 0.25) is 0 Å². The first kappa shape index (κ1) is 14.8. The Bertz CT molecular complexity index is 447. The van der Waals surface area contributed by atoms with Crippen LogP contribution < -0.4 is 0 Å². The summed E-state index contributed by atoms with van der Waals surface area (Å²) in [5, 5.41) is 8.94. The molecule has 0 saturated carbocycles. The van der Waals surface area contributed by atoms with E-state index in [9.17, 15) is 4.79 Å². The van der Waals surface area contributed by atoms with Gasteiger partial charge in [0, 0.05) is 5.02 Å². The molecule has 0 atom stereocenters. The molecule has 1 aromatic carbocycles. The van der Waals surface area contributed by atoms with Gasteiger partial charge in [-0.2, -0.15) is 8.42 Å². The van der Waals surface area contributed by atoms with Gasteiger partial charge in [-0.25, -0.2) is 0 Å². The largest absolute Gasteiger partial charge is 0.481 e. The zero-order valence-corrected chi connectivity index (χ0v) is 9.44. The third-order valence-electron chi connectivity index (χ3n) is 1.30. The van der Waals surface area contributed by atoms with Gasteiger partial charge in [0.05, 0.1) is 6.42 Å². The van der Waals surface area contributed by atoms with E-state index in [1.54, 1.807) is 24.3 Å². The third-order valence-corrected chi connectivity index (χ3v) is 1.67. The number of halogens is 1. The van der Waals surface area contributed by atoms with Crippen LogP contribution in [0.5, 0.6) is 0 Å². The summed E-state index contributed by atoms with van der Waals surface area (Å²) in [4.78, 5) is 10.3. The van der Waals surface area contributed by atoms with Gasteiger partial charge < -0.3 is 5.11 Å². The molecule has 0 unspecified atom stereocenters. The Morgan fingerprint density at radius 1 is 1.25 bits per heavy atom. The first-order valence-electron chi connectivity index (χ1n) is 3.85. The van der Waals surface area contributed by atoms with Gasteiger partial charge >= 0.3 is 16.4 Å². The van der Waals surface area contributed by atoms with E-state index in [1.807, 2.05) is 0 Å². The topological polar surface area (TPSA) is 112 Å². The van der Waals surface area contributed by atoms with Gasteiger partial charge in [0.25, 0.3) is 0 Å². The smallest absolute Gasteiger partial charge is 0.394 e. The molecule has 6 nitrogen and oxygen atoms in total. The monoisotopic (exact) mass is 268 g/mol. The summed E-state index contributed by atoms with van der Waals surface area (Å²) in [6.07, 6.45) is -0.0142. The molecule has 0 heterocycles. The molecule has 0 bridgehead atoms. The molecule has 0 amide bonds. The molecule has 1 aromatic rings. The molecule has 0 aliphatic heterocycles. The molecule has 0 aliphatic rings. The van der Waals surface area contributed by atoms with Crippen LogP contribution in [-0.4, -0.2) is 28.6 Å². The van der Waals surface area contributed by atoms with Crippen LogP contribution in [0.15, 0.2) is 24.3 Å². The normalized spacial score (nSPS) is 10.2. The summed E-state index contributed by atoms with van der Waals surface area (Å²) in [6, 6.07) is 6.92. The first-order valence-corrected chi connectivity index (χ1v) is 5.62. The third kappa shape index (κ3) is 9.41. The predicted octanol–water partition coefficient (Wildman–Crippen LogP) is 1.31. The van der Waals surface area contributed by atoms with Crippen LogP contribution in [0.4, 0.5) is 0 Å². The van der Waals surface area contributed by atoms with E-state index in [0.29, 0.717) is 10.6 Å². The molecule has 3 N–H and O–H groups in total. The zero-order valence-electron chi connectivity index (χ0n) is 7.87. The summed E-state index contributed by atoms with van der Waals surface area (Å²) in [6.45, 7) is 0. The highest BCUT2D eigenvalue weighted by Gasteiger charge is 2.02. The molecule has 8 heteroatoms. The minimum absolute atomic E-state index is 0.0142. The average molecular weight is 269 g/mol. The van der Waals surface area contributed by atoms with E-state index >= 15 is 0 Å². The molecule has 1 rings (SSSR count). The van der Waals surface area contributed by atoms with Crippen LogP contribution in [0.3, 0.4) is 0 Å². The van der Waals surface area contributed by atoms with Crippen molar-refractivity contribution in [1.82, 2.24) is 0 Å². The molecule has 0 radical (unpaired) electrons. The van der Waals surface area contributed by atoms with E-state index in [4.69, 9.17) is 34.2 Å². The lowest BCUT2D eigenvalue weighted by molar-refractivity contribution is -0.136. The van der Waals surface area contributed by atoms with Gasteiger partial charge in [-0.05, 0) is 11.6 Å². The molecular weight excluding hydrogens is 260 g/mol. The van der Waals surface area contributed by atoms with E-state index in [-0.39, 0.29) is 6.42 Å². The highest BCUT2D eigenvalue weighted by molar-refractivity contribution is 7.79. The fourth-order valence-corrected chi connectivity index (χ4v) is 1.01. The van der Waals surface area contributed by atoms with Crippen molar-refractivity contribution >= 4 is 28.0 Å². The number of hydrogen-bond acceptors (Lipinski definition) is 3. The number of rotatable bonds is 2. The lowest BCUT2D eigenvalue weighted by atomic mass is 10.1. The second-order valence-electron chi connectivity index (χ2n) is 2.61. The summed E-state index contributed by atoms with van der Waals surface area (Å²) < 4.78 is 31.6. The van der Waals surface area contributed by atoms with Crippen molar-refractivity contribution < 1.29 is 27.4 Å². The van der Waals surface area contributed by atoms with Crippen LogP contribution in [-0.2, 0) is 21.6 Å². The average Bonchev–Trinajstić information content (AvgIpc) is 2.05. The van der Waals surface area contributed by atoms with Crippen LogP contribution >= 0.6 is 11.6 Å². The second-order valence-corrected chi connectivity index (χ2v) is 3.91. The van der Waals surface area contributed by atoms with E-state index in [1.165, 1.54) is 0 Å². The minimum atomic E-state index is -4.67. The molecule has 16 heavy (non-hydrogen) atoms. The Morgan fingerprint density at radius 3 is 2.06 bits per heavy atom. The van der Waals surface area contributed by atoms with E-state index in [2.05, 4.69) is 0 Å². The Kier molecular flexibility index (Phi) is 5.97. The van der Waals surface area contributed by atoms with Crippen molar-refractivity contribution in [2.45, 2.75) is 6.42 Å². The number of hydrogen-bond donors (Lipinski definition) is 3. The number of carboxylic acids is 1. The first-order chi connectivity index (χ1) is 7.20. The molecule has 0 saturated heterocycles. The van der Waals surface area contributed by atoms with Crippen molar-refractivity contribution in [3.8, 4) is 0 Å². The fraction of sp³-hybridized carbons (Fsp3) is 0.125. The van der Waals surface area contributed by atoms with Crippen LogP contribution in [0.1, 0.15) is 5.56 Å². The number of benzene rings is 1. The van der Waals surface area contributed by atoms with Gasteiger partial charge in [-0.15, -0.1) is 0 Å². The number of aliphatic carboxylic acids is 1. The SMILES string of the molecule is O=C(O)Cc1ccccc1Cl.O=S(=O)(O)O. The second kappa shape index (κ2) is 6.44. The standard InChI is InChI=1S/C8H7ClO2.H2O4S/c9-7-4-2-1-3-6(7)5-8(10)11;1-5(2,3)4/h1-4H,5H2,(H,10,11);(H2,1,2,3,4). The van der Waals surface area contributed by atoms with Crippen molar-refractivity contribution in [1.29, 1.82) is 0 Å². The van der Waals surface area contributed by atoms with Gasteiger partial charge in [0.15, 0.2) is 0 Å². The maximum Gasteiger partial charge on any atom is 0.394 e. The van der Waals surface area contributed by atoms with Crippen molar-refractivity contribution in [3.05, 3.63) is 34.9 Å². The highest BCUT2D eigenvalue weighted by atomic mass is 35.5. The summed E-state index contributed by atoms with van der Waals surface area (Å²) >= 11 is 5.70. The van der Waals surface area contributed by atoms with E-state index in [0.717, 1.165) is 0 Å². The Labute approximate surface area is 97.1 Å². The minimum Gasteiger partial charge on any atom is -0.481 e. The van der Waals surface area contributed by atoms with Gasteiger partial charge in [-0.3, -0.25) is 13.9 Å². The fourth-order valence-electron chi connectivity index (χ4n) is 0.805. The summed E-state index contributed by atoms with van der Waals surface area (Å²) in [5.74, 6) is -0.863. The molecule has 90 valence electrons. The van der Waals surface area contributed by atoms with Gasteiger partial charge in [-0.1, -0.05) is 29.8 Å². The molecule has 0 aliphatic carbocycles. The molecule has 0 aromatic heterocycles. The van der Waals surface area contributed by atoms with Gasteiger partial charge in [0.1, 0.15) is 0 Å². The molecular formula is C8H9ClO6S. The Morgan fingerprint density at radius 2 is 1.69 bits per heavy atom. The highest BCUT2D eigenvalue weighted by Crippen LogP contribution is 2.14. The van der Waals surface area contributed by atoms with Crippen molar-refractivity contribution in [2.24, 2.45) is 0 Å². The van der Waals surface area contributed by atoms with Crippen molar-refractivity contribution in [2.75, 3.05) is 0 Å². The molecule has 0 spiro atoms. The van der Waals surface area contributed by atoms with Crippen LogP contribution in [0.25, 0.3) is 0 Å². The lowest BCUT2D eigenvalue weighted by Gasteiger charge is -1.97. The Balaban J connectivity index is 0.000000385. The summed E-state index contributed by atoms with van der Waals surface area (Å²) in [5.41, 5.74) is 0.654. The maximum atomic E-state index is 10.3. The van der Waals surface area contributed by atoms with Crippen LogP contribution in [0.2, 0.25) is 5.02 Å². The number of carbonyl (C=O) groups is 1. The summed E-state index contributed by atoms with van der Waals surface area (Å²) in [7, 11) is -4.67. The lowest BCUT2D eigenvalue weighted by Crippen LogP contribution is -1.99. The predicted molar refractivity (Wildman–Crippen MR) is 57.0 cm³/mol. The number of carboxylic acid groups (broad SMARTS) is 1. The molecule has 0 fully saturated rings. The van der Waals surface area contributed by atoms with E-state index < -0.39 is 16.4 Å².